The van der Waals surface area contributed by atoms with Crippen molar-refractivity contribution in [1.82, 2.24) is 15.0 Å². The molecule has 0 atom stereocenters. The van der Waals surface area contributed by atoms with Crippen molar-refractivity contribution in [3.05, 3.63) is 63.3 Å². The normalized spacial score (nSPS) is 10.5. The van der Waals surface area contributed by atoms with Crippen molar-refractivity contribution in [2.45, 2.75) is 12.8 Å². The first kappa shape index (κ1) is 18.6. The summed E-state index contributed by atoms with van der Waals surface area (Å²) >= 11 is 13.6. The van der Waals surface area contributed by atoms with E-state index in [2.05, 4.69) is 25.6 Å². The monoisotopic (exact) mass is 407 g/mol. The molecule has 0 bridgehead atoms. The van der Waals surface area contributed by atoms with Crippen molar-refractivity contribution in [2.75, 3.05) is 17.2 Å². The maximum absolute atomic E-state index is 12.0. The van der Waals surface area contributed by atoms with Gasteiger partial charge in [-0.25, -0.2) is 15.0 Å². The molecule has 0 aliphatic heterocycles. The van der Waals surface area contributed by atoms with Gasteiger partial charge in [0.25, 0.3) is 0 Å². The molecule has 0 radical (unpaired) electrons. The minimum Gasteiger partial charge on any atom is -0.354 e. The molecule has 0 saturated carbocycles. The van der Waals surface area contributed by atoms with Gasteiger partial charge in [0.1, 0.15) is 0 Å². The Balaban J connectivity index is 1.50. The second kappa shape index (κ2) is 8.93. The number of rotatable bonds is 7. The molecular formula is C17H15Cl2N5OS. The average Bonchev–Trinajstić information content (AvgIpc) is 3.06. The Hall–Kier alpha value is -2.22. The van der Waals surface area contributed by atoms with Gasteiger partial charge in [-0.1, -0.05) is 23.2 Å². The smallest absolute Gasteiger partial charge is 0.227 e. The fourth-order valence-electron chi connectivity index (χ4n) is 2.17. The first-order valence-corrected chi connectivity index (χ1v) is 9.37. The molecule has 3 rings (SSSR count). The van der Waals surface area contributed by atoms with Gasteiger partial charge >= 0.3 is 0 Å². The summed E-state index contributed by atoms with van der Waals surface area (Å²) < 4.78 is 0. The Morgan fingerprint density at radius 2 is 1.96 bits per heavy atom. The summed E-state index contributed by atoms with van der Waals surface area (Å²) in [5.74, 6) is 0.366. The Kier molecular flexibility index (Phi) is 6.38. The van der Waals surface area contributed by atoms with Crippen LogP contribution in [0, 0.1) is 0 Å². The summed E-state index contributed by atoms with van der Waals surface area (Å²) in [6.45, 7) is 0.437. The van der Waals surface area contributed by atoms with E-state index in [1.54, 1.807) is 36.8 Å². The molecule has 6 nitrogen and oxygen atoms in total. The van der Waals surface area contributed by atoms with Gasteiger partial charge in [0.05, 0.1) is 0 Å². The van der Waals surface area contributed by atoms with Gasteiger partial charge in [0, 0.05) is 52.9 Å². The number of hydrogen-bond donors (Lipinski definition) is 2. The zero-order valence-corrected chi connectivity index (χ0v) is 15.9. The van der Waals surface area contributed by atoms with Crippen molar-refractivity contribution in [2.24, 2.45) is 0 Å². The van der Waals surface area contributed by atoms with Crippen molar-refractivity contribution >= 4 is 51.5 Å². The number of amides is 1. The van der Waals surface area contributed by atoms with E-state index >= 15 is 0 Å². The number of carbonyl (C=O) groups is 1. The lowest BCUT2D eigenvalue weighted by atomic mass is 10.1. The predicted molar refractivity (Wildman–Crippen MR) is 105 cm³/mol. The lowest BCUT2D eigenvalue weighted by Crippen LogP contribution is -2.16. The molecule has 9 heteroatoms. The van der Waals surface area contributed by atoms with E-state index in [4.69, 9.17) is 23.2 Å². The molecule has 134 valence electrons. The zero-order chi connectivity index (χ0) is 18.4. The average molecular weight is 408 g/mol. The van der Waals surface area contributed by atoms with Crippen LogP contribution in [0.25, 0.3) is 0 Å². The standard InChI is InChI=1S/C17H15Cl2N5OS/c18-12-2-3-14(19)11(8-12)9-13-10-23-17(26-13)24-15(25)4-7-22-16-20-5-1-6-21-16/h1-3,5-6,8,10H,4,7,9H2,(H,20,21,22)(H,23,24,25). The fraction of sp³-hybridized carbons (Fsp3) is 0.176. The molecule has 0 spiro atoms. The van der Waals surface area contributed by atoms with Crippen LogP contribution in [0.1, 0.15) is 16.9 Å². The lowest BCUT2D eigenvalue weighted by Gasteiger charge is -2.04. The minimum absolute atomic E-state index is 0.130. The van der Waals surface area contributed by atoms with Gasteiger partial charge in [0.2, 0.25) is 11.9 Å². The van der Waals surface area contributed by atoms with E-state index in [-0.39, 0.29) is 12.3 Å². The molecule has 1 aromatic carbocycles. The third-order valence-electron chi connectivity index (χ3n) is 3.37. The fourth-order valence-corrected chi connectivity index (χ4v) is 3.40. The van der Waals surface area contributed by atoms with Crippen molar-refractivity contribution in [1.29, 1.82) is 0 Å². The highest BCUT2D eigenvalue weighted by atomic mass is 35.5. The largest absolute Gasteiger partial charge is 0.354 e. The number of aromatic nitrogens is 3. The number of nitrogens with one attached hydrogen (secondary N) is 2. The lowest BCUT2D eigenvalue weighted by molar-refractivity contribution is -0.115. The first-order chi connectivity index (χ1) is 12.6. The summed E-state index contributed by atoms with van der Waals surface area (Å²) in [5, 5.41) is 7.62. The van der Waals surface area contributed by atoms with Gasteiger partial charge in [-0.2, -0.15) is 0 Å². The Morgan fingerprint density at radius 1 is 1.15 bits per heavy atom. The number of anilines is 2. The molecule has 1 amide bonds. The molecule has 3 aromatic rings. The third-order valence-corrected chi connectivity index (χ3v) is 4.89. The second-order valence-electron chi connectivity index (χ2n) is 5.34. The molecular weight excluding hydrogens is 393 g/mol. The second-order valence-corrected chi connectivity index (χ2v) is 7.30. The van der Waals surface area contributed by atoms with Gasteiger partial charge in [-0.3, -0.25) is 4.79 Å². The quantitative estimate of drug-likeness (QED) is 0.610. The summed E-state index contributed by atoms with van der Waals surface area (Å²) in [4.78, 5) is 25.3. The van der Waals surface area contributed by atoms with Crippen LogP contribution >= 0.6 is 34.5 Å². The Labute approximate surface area is 164 Å². The molecule has 0 aliphatic carbocycles. The third kappa shape index (κ3) is 5.39. The van der Waals surface area contributed by atoms with Crippen LogP contribution in [-0.2, 0) is 11.2 Å². The number of thiazole rings is 1. The number of nitrogens with zero attached hydrogens (tertiary/aromatic N) is 3. The van der Waals surface area contributed by atoms with E-state index in [1.165, 1.54) is 11.3 Å². The number of benzene rings is 1. The van der Waals surface area contributed by atoms with Crippen LogP contribution in [0.4, 0.5) is 11.1 Å². The topological polar surface area (TPSA) is 79.8 Å². The van der Waals surface area contributed by atoms with Crippen LogP contribution in [-0.4, -0.2) is 27.4 Å². The van der Waals surface area contributed by atoms with Gasteiger partial charge in [0.15, 0.2) is 5.13 Å². The maximum Gasteiger partial charge on any atom is 0.227 e. The number of halogens is 2. The molecule has 2 heterocycles. The van der Waals surface area contributed by atoms with Gasteiger partial charge in [-0.15, -0.1) is 11.3 Å². The summed E-state index contributed by atoms with van der Waals surface area (Å²) in [6.07, 6.45) is 5.90. The predicted octanol–water partition coefficient (Wildman–Crippen LogP) is 4.27. The van der Waals surface area contributed by atoms with E-state index < -0.39 is 0 Å². The molecule has 0 unspecified atom stereocenters. The molecule has 0 aliphatic rings. The Morgan fingerprint density at radius 3 is 2.77 bits per heavy atom. The maximum atomic E-state index is 12.0. The summed E-state index contributed by atoms with van der Waals surface area (Å²) in [5.41, 5.74) is 0.924. The highest BCUT2D eigenvalue weighted by Gasteiger charge is 2.09. The Bertz CT molecular complexity index is 888. The molecule has 0 saturated heterocycles. The van der Waals surface area contributed by atoms with Crippen LogP contribution in [0.15, 0.2) is 42.9 Å². The van der Waals surface area contributed by atoms with E-state index in [0.29, 0.717) is 34.1 Å². The highest BCUT2D eigenvalue weighted by Crippen LogP contribution is 2.27. The zero-order valence-electron chi connectivity index (χ0n) is 13.6. The number of carbonyl (C=O) groups excluding carboxylic acids is 1. The highest BCUT2D eigenvalue weighted by molar-refractivity contribution is 7.15. The van der Waals surface area contributed by atoms with E-state index in [1.807, 2.05) is 6.07 Å². The summed E-state index contributed by atoms with van der Waals surface area (Å²) in [6, 6.07) is 7.08. The van der Waals surface area contributed by atoms with Gasteiger partial charge < -0.3 is 10.6 Å². The van der Waals surface area contributed by atoms with Crippen molar-refractivity contribution in [3.8, 4) is 0 Å². The van der Waals surface area contributed by atoms with Crippen LogP contribution in [0.3, 0.4) is 0 Å². The molecule has 2 N–H and O–H groups in total. The minimum atomic E-state index is -0.130. The van der Waals surface area contributed by atoms with Crippen LogP contribution < -0.4 is 10.6 Å². The van der Waals surface area contributed by atoms with E-state index in [9.17, 15) is 4.79 Å². The van der Waals surface area contributed by atoms with Crippen molar-refractivity contribution in [3.63, 3.8) is 0 Å². The first-order valence-electron chi connectivity index (χ1n) is 7.79. The SMILES string of the molecule is O=C(CCNc1ncccn1)Nc1ncc(Cc2cc(Cl)ccc2Cl)s1. The van der Waals surface area contributed by atoms with Crippen LogP contribution in [0.2, 0.25) is 10.0 Å². The van der Waals surface area contributed by atoms with Crippen LogP contribution in [0.5, 0.6) is 0 Å². The summed E-state index contributed by atoms with van der Waals surface area (Å²) in [7, 11) is 0. The van der Waals surface area contributed by atoms with Gasteiger partial charge in [-0.05, 0) is 29.8 Å². The molecule has 26 heavy (non-hydrogen) atoms. The van der Waals surface area contributed by atoms with E-state index in [0.717, 1.165) is 10.4 Å². The van der Waals surface area contributed by atoms with Crippen molar-refractivity contribution < 1.29 is 4.79 Å². The molecule has 2 aromatic heterocycles. The number of hydrogen-bond acceptors (Lipinski definition) is 6. The molecule has 0 fully saturated rings.